The van der Waals surface area contributed by atoms with Gasteiger partial charge in [-0.1, -0.05) is 84.7 Å². The number of nitriles is 2. The summed E-state index contributed by atoms with van der Waals surface area (Å²) in [4.78, 5) is 0. The fourth-order valence-corrected chi connectivity index (χ4v) is 23.0. The van der Waals surface area contributed by atoms with Crippen LogP contribution in [0, 0.1) is 71.0 Å². The second kappa shape index (κ2) is 19.7. The molecule has 12 rings (SSSR count). The third-order valence-electron chi connectivity index (χ3n) is 21.4. The lowest BCUT2D eigenvalue weighted by Gasteiger charge is -2.59. The van der Waals surface area contributed by atoms with Gasteiger partial charge in [0.2, 0.25) is 0 Å². The Morgan fingerprint density at radius 3 is 1.33 bits per heavy atom. The molecular weight excluding hydrogens is 1020 g/mol. The molecule has 2 heterocycles. The molecule has 0 radical (unpaired) electrons. The molecule has 12 atom stereocenters. The van der Waals surface area contributed by atoms with Gasteiger partial charge < -0.3 is 37.3 Å². The maximum Gasteiger partial charge on any atom is 0.185 e. The van der Waals surface area contributed by atoms with E-state index in [0.29, 0.717) is 56.5 Å². The largest absolute Gasteiger partial charge is 0.408 e. The zero-order valence-corrected chi connectivity index (χ0v) is 52.9. The molecule has 0 amide bonds. The topological polar surface area (TPSA) is 132 Å². The van der Waals surface area contributed by atoms with E-state index in [4.69, 9.17) is 32.2 Å². The summed E-state index contributed by atoms with van der Waals surface area (Å²) < 4.78 is 46.0. The fourth-order valence-electron chi connectivity index (χ4n) is 18.7. The van der Waals surface area contributed by atoms with Crippen molar-refractivity contribution in [1.82, 2.24) is 0 Å². The van der Waals surface area contributed by atoms with Crippen LogP contribution in [0.1, 0.15) is 151 Å². The van der Waals surface area contributed by atoms with E-state index in [1.165, 1.54) is 33.4 Å². The zero-order valence-electron chi connectivity index (χ0n) is 49.9. The monoisotopic (exact) mass is 1110 g/mol. The number of allylic oxidation sites excluding steroid dienone is 2. The normalized spacial score (nSPS) is 39.5. The Bertz CT molecular complexity index is 2770. The van der Waals surface area contributed by atoms with Gasteiger partial charge >= 0.3 is 0 Å². The van der Waals surface area contributed by atoms with Crippen molar-refractivity contribution in [1.29, 1.82) is 10.5 Å². The zero-order chi connectivity index (χ0) is 55.7. The van der Waals surface area contributed by atoms with Gasteiger partial charge in [0.1, 0.15) is 11.2 Å². The molecule has 2 unspecified atom stereocenters. The summed E-state index contributed by atoms with van der Waals surface area (Å²) in [5.41, 5.74) is 8.06. The van der Waals surface area contributed by atoms with Crippen molar-refractivity contribution in [2.75, 3.05) is 26.4 Å². The van der Waals surface area contributed by atoms with Crippen LogP contribution in [-0.4, -0.2) is 90.5 Å². The lowest BCUT2D eigenvalue weighted by atomic mass is 9.49. The fraction of sp³-hybridized carbons (Fsp3) is 0.723. The van der Waals surface area contributed by atoms with E-state index in [1.54, 1.807) is 11.1 Å². The average molecular weight is 1120 g/mol. The van der Waals surface area contributed by atoms with Crippen LogP contribution >= 0.6 is 0 Å². The number of hydrogen-bond donors (Lipinski definition) is 1. The predicted octanol–water partition coefficient (Wildman–Crippen LogP) is 14.6. The molecule has 2 saturated heterocycles. The average Bonchev–Trinajstić information content (AvgIpc) is 4.30. The Morgan fingerprint density at radius 1 is 0.513 bits per heavy atom. The van der Waals surface area contributed by atoms with E-state index in [9.17, 15) is 15.6 Å². The predicted molar refractivity (Wildman–Crippen MR) is 313 cm³/mol. The Balaban J connectivity index is 0.000000166. The summed E-state index contributed by atoms with van der Waals surface area (Å²) >= 11 is 0. The number of rotatable bonds is 8. The molecular formula is C65H94N2O8Si3. The van der Waals surface area contributed by atoms with Crippen molar-refractivity contribution in [2.24, 2.45) is 34.5 Å². The van der Waals surface area contributed by atoms with Crippen LogP contribution in [0.5, 0.6) is 0 Å². The quantitative estimate of drug-likeness (QED) is 0.201. The van der Waals surface area contributed by atoms with Gasteiger partial charge in [-0.3, -0.25) is 0 Å². The van der Waals surface area contributed by atoms with Crippen LogP contribution in [0.4, 0.5) is 0 Å². The smallest absolute Gasteiger partial charge is 0.185 e. The molecule has 6 saturated carbocycles. The first-order valence-electron chi connectivity index (χ1n) is 30.4. The molecule has 2 aromatic rings. The van der Waals surface area contributed by atoms with E-state index >= 15 is 0 Å². The van der Waals surface area contributed by atoms with Crippen LogP contribution in [0.25, 0.3) is 0 Å². The highest BCUT2D eigenvalue weighted by Gasteiger charge is 2.69. The molecule has 0 bridgehead atoms. The first-order chi connectivity index (χ1) is 36.6. The first-order valence-corrected chi connectivity index (χ1v) is 40.6. The number of aliphatic hydroxyl groups is 1. The highest BCUT2D eigenvalue weighted by molar-refractivity contribution is 6.70. The molecule has 13 heteroatoms. The van der Waals surface area contributed by atoms with Gasteiger partial charge in [-0.2, -0.15) is 10.5 Å². The third kappa shape index (κ3) is 9.63. The van der Waals surface area contributed by atoms with Gasteiger partial charge in [0.05, 0.1) is 49.8 Å². The van der Waals surface area contributed by atoms with Crippen molar-refractivity contribution < 1.29 is 37.3 Å². The van der Waals surface area contributed by atoms with Crippen LogP contribution < -0.4 is 0 Å². The molecule has 2 spiro atoms. The van der Waals surface area contributed by atoms with E-state index in [-0.39, 0.29) is 28.3 Å². The minimum absolute atomic E-state index is 0.184. The summed E-state index contributed by atoms with van der Waals surface area (Å²) in [7, 11) is -5.80. The summed E-state index contributed by atoms with van der Waals surface area (Å²) in [5.74, 6) is 0.987. The molecule has 0 aromatic heterocycles. The van der Waals surface area contributed by atoms with E-state index in [2.05, 4.69) is 147 Å². The van der Waals surface area contributed by atoms with Gasteiger partial charge in [0, 0.05) is 48.3 Å². The summed E-state index contributed by atoms with van der Waals surface area (Å²) in [6.07, 6.45) is 14.2. The molecule has 1 N–H and O–H groups in total. The highest BCUT2D eigenvalue weighted by Crippen LogP contribution is 2.71. The van der Waals surface area contributed by atoms with Gasteiger partial charge in [0.25, 0.3) is 0 Å². The summed E-state index contributed by atoms with van der Waals surface area (Å²) in [6, 6.07) is 23.8. The van der Waals surface area contributed by atoms with E-state index in [1.807, 2.05) is 0 Å². The Kier molecular flexibility index (Phi) is 14.4. The first kappa shape index (κ1) is 57.1. The Morgan fingerprint density at radius 2 is 0.910 bits per heavy atom. The summed E-state index contributed by atoms with van der Waals surface area (Å²) in [6.45, 7) is 32.0. The Labute approximate surface area is 471 Å². The maximum absolute atomic E-state index is 12.2. The Hall–Kier alpha value is -2.77. The number of ether oxygens (including phenoxy) is 4. The number of fused-ring (bicyclic) bond motifs is 8. The number of nitrogens with zero attached hydrogens (tertiary/aromatic N) is 2. The molecule has 424 valence electrons. The second-order valence-corrected chi connectivity index (χ2v) is 43.0. The van der Waals surface area contributed by atoms with Crippen molar-refractivity contribution in [3.05, 3.63) is 93.1 Å². The highest BCUT2D eigenvalue weighted by atomic mass is 28.4. The van der Waals surface area contributed by atoms with Crippen molar-refractivity contribution in [3.8, 4) is 12.1 Å². The number of benzene rings is 2. The molecule has 2 aromatic carbocycles. The lowest BCUT2D eigenvalue weighted by Crippen LogP contribution is -2.59. The van der Waals surface area contributed by atoms with Crippen molar-refractivity contribution in [3.63, 3.8) is 0 Å². The third-order valence-corrected chi connectivity index (χ3v) is 24.4. The SMILES string of the molecule is Cc1ccc(C2C[C@@]3(C)[C@@H](CC[C@@]3(C#N)O[Si](C)(C)C)[C@@H]3CC[C@@]4(O)CC5(CCC4=C23)OCCO5)cc1.Cc1ccc(C2C[C@@]3(C)[C@@H](CC[C@@]3(C#N)O[Si](C)(C)C)[C@@H]3CC[C@@]4(O[Si](C)(C)C)CC5(CCC4=C23)OCCO5)cc1. The van der Waals surface area contributed by atoms with Crippen LogP contribution in [0.3, 0.4) is 0 Å². The number of hydrogen-bond acceptors (Lipinski definition) is 10. The standard InChI is InChI=1S/C34H51NO4Si2.C31H43NO4Si/c1-24-9-11-25(12-10-24)27-21-31(2)28(14-17-33(31,23-35)39-41(6,7)8)26-13-16-32(38-40(3,4)5)22-34(36-19-20-37-34)18-15-29(32)30(26)27;1-21-6-8-22(9-7-21)24-18-28(2)25(11-14-30(28,20-32)36-37(3,4)5)23-10-13-29(33)19-31(34-16-17-35-31)15-12-26(29)27(23)24/h9-12,26-28H,13-22H2,1-8H3;6-9,23-25,33H,10-19H2,1-5H3/t26-,27?,28-,31-,32+,33-;23-,24?,25-,28-,29+,30-/m00/s1. The van der Waals surface area contributed by atoms with Crippen molar-refractivity contribution >= 4 is 25.0 Å². The van der Waals surface area contributed by atoms with E-state index in [0.717, 1.165) is 96.3 Å². The van der Waals surface area contributed by atoms with Gasteiger partial charge in [0.15, 0.2) is 36.5 Å². The number of aryl methyl sites for hydroxylation is 2. The van der Waals surface area contributed by atoms with Crippen LogP contribution in [0.2, 0.25) is 58.9 Å². The molecule has 10 nitrogen and oxygen atoms in total. The minimum Gasteiger partial charge on any atom is -0.408 e. The molecule has 2 aliphatic heterocycles. The maximum atomic E-state index is 12.2. The van der Waals surface area contributed by atoms with Crippen LogP contribution in [-0.2, 0) is 32.2 Å². The second-order valence-electron chi connectivity index (χ2n) is 29.7. The minimum atomic E-state index is -1.95. The van der Waals surface area contributed by atoms with Gasteiger partial charge in [-0.05, 0) is 196 Å². The lowest BCUT2D eigenvalue weighted by molar-refractivity contribution is -0.208. The van der Waals surface area contributed by atoms with Gasteiger partial charge in [-0.25, -0.2) is 0 Å². The van der Waals surface area contributed by atoms with E-state index < -0.39 is 53.3 Å². The molecule has 8 fully saturated rings. The van der Waals surface area contributed by atoms with Gasteiger partial charge in [-0.15, -0.1) is 0 Å². The summed E-state index contributed by atoms with van der Waals surface area (Å²) in [5, 5.41) is 33.7. The molecule has 78 heavy (non-hydrogen) atoms. The van der Waals surface area contributed by atoms with Crippen molar-refractivity contribution in [2.45, 2.75) is 235 Å². The van der Waals surface area contributed by atoms with Crippen LogP contribution in [0.15, 0.2) is 70.8 Å². The molecule has 8 aliphatic carbocycles. The molecule has 10 aliphatic rings.